The Kier molecular flexibility index (Phi) is 13.4. The maximum absolute atomic E-state index is 11.0. The highest BCUT2D eigenvalue weighted by molar-refractivity contribution is 5.74. The van der Waals surface area contributed by atoms with Gasteiger partial charge in [0.2, 0.25) is 0 Å². The number of hydrogen-bond donors (Lipinski definition) is 4. The molecule has 4 N–H and O–H groups in total. The number of unbranched alkanes of at least 4 members (excludes halogenated alkanes) is 1. The Morgan fingerprint density at radius 1 is 0.667 bits per heavy atom. The van der Waals surface area contributed by atoms with E-state index < -0.39 is 29.3 Å². The van der Waals surface area contributed by atoms with Crippen molar-refractivity contribution in [2.24, 2.45) is 5.41 Å². The van der Waals surface area contributed by atoms with Crippen molar-refractivity contribution in [3.05, 3.63) is 0 Å². The Bertz CT molecular complexity index is 396. The van der Waals surface area contributed by atoms with Gasteiger partial charge in [-0.1, -0.05) is 13.8 Å². The van der Waals surface area contributed by atoms with Gasteiger partial charge < -0.3 is 20.4 Å². The largest absolute Gasteiger partial charge is 0.481 e. The smallest absolute Gasteiger partial charge is 0.309 e. The Morgan fingerprint density at radius 2 is 1.00 bits per heavy atom. The van der Waals surface area contributed by atoms with E-state index >= 15 is 0 Å². The Hall–Kier alpha value is -2.12. The molecule has 0 aliphatic heterocycles. The standard InChI is InChI=1S/C10H18O4.C6H10O4/c1-3-10(4-2,9(13)14)7-5-6-8(11)12;7-5(8)3-1-2-4-6(9)10/h3-7H2,1-2H3,(H,11,12)(H,13,14);1-4H2,(H,7,8)(H,9,10). The molecule has 0 bridgehead atoms. The minimum Gasteiger partial charge on any atom is -0.481 e. The summed E-state index contributed by atoms with van der Waals surface area (Å²) >= 11 is 0. The van der Waals surface area contributed by atoms with Crippen LogP contribution in [-0.4, -0.2) is 44.3 Å². The highest BCUT2D eigenvalue weighted by Crippen LogP contribution is 2.32. The summed E-state index contributed by atoms with van der Waals surface area (Å²) in [5, 5.41) is 33.8. The van der Waals surface area contributed by atoms with E-state index in [-0.39, 0.29) is 19.3 Å². The molecule has 24 heavy (non-hydrogen) atoms. The third-order valence-corrected chi connectivity index (χ3v) is 3.88. The first-order chi connectivity index (χ1) is 11.1. The molecular formula is C16H28O8. The molecular weight excluding hydrogens is 320 g/mol. The summed E-state index contributed by atoms with van der Waals surface area (Å²) in [4.78, 5) is 41.1. The first-order valence-electron chi connectivity index (χ1n) is 8.00. The lowest BCUT2D eigenvalue weighted by Gasteiger charge is -2.26. The molecule has 0 aromatic rings. The van der Waals surface area contributed by atoms with E-state index in [2.05, 4.69) is 0 Å². The fourth-order valence-electron chi connectivity index (χ4n) is 2.14. The number of carbonyl (C=O) groups is 4. The normalized spacial score (nSPS) is 10.4. The van der Waals surface area contributed by atoms with Crippen molar-refractivity contribution < 1.29 is 39.6 Å². The zero-order valence-electron chi connectivity index (χ0n) is 14.3. The van der Waals surface area contributed by atoms with E-state index in [9.17, 15) is 19.2 Å². The molecule has 0 radical (unpaired) electrons. The molecule has 0 saturated carbocycles. The molecule has 0 fully saturated rings. The fraction of sp³-hybridized carbons (Fsp3) is 0.750. The maximum Gasteiger partial charge on any atom is 0.309 e. The SMILES string of the molecule is CCC(CC)(CCCC(=O)O)C(=O)O.O=C(O)CCCCC(=O)O. The fourth-order valence-corrected chi connectivity index (χ4v) is 2.14. The summed E-state index contributed by atoms with van der Waals surface area (Å²) in [5.41, 5.74) is -0.727. The molecule has 0 saturated heterocycles. The second-order valence-electron chi connectivity index (χ2n) is 5.53. The third-order valence-electron chi connectivity index (χ3n) is 3.88. The summed E-state index contributed by atoms with van der Waals surface area (Å²) in [6, 6.07) is 0. The molecule has 0 unspecified atom stereocenters. The van der Waals surface area contributed by atoms with Crippen LogP contribution >= 0.6 is 0 Å². The van der Waals surface area contributed by atoms with Gasteiger partial charge >= 0.3 is 23.9 Å². The van der Waals surface area contributed by atoms with Gasteiger partial charge in [-0.25, -0.2) is 0 Å². The Morgan fingerprint density at radius 3 is 1.25 bits per heavy atom. The quantitative estimate of drug-likeness (QED) is 0.393. The van der Waals surface area contributed by atoms with Crippen LogP contribution in [0.3, 0.4) is 0 Å². The average Bonchev–Trinajstić information content (AvgIpc) is 2.48. The predicted octanol–water partition coefficient (Wildman–Crippen LogP) is 2.85. The van der Waals surface area contributed by atoms with E-state index in [0.29, 0.717) is 38.5 Å². The molecule has 0 atom stereocenters. The van der Waals surface area contributed by atoms with Crippen molar-refractivity contribution in [1.29, 1.82) is 0 Å². The van der Waals surface area contributed by atoms with E-state index in [1.807, 2.05) is 13.8 Å². The molecule has 0 rings (SSSR count). The number of rotatable bonds is 12. The van der Waals surface area contributed by atoms with E-state index in [1.165, 1.54) is 0 Å². The van der Waals surface area contributed by atoms with Crippen molar-refractivity contribution in [2.45, 2.75) is 71.6 Å². The van der Waals surface area contributed by atoms with Gasteiger partial charge in [-0.2, -0.15) is 0 Å². The van der Waals surface area contributed by atoms with E-state index in [0.717, 1.165) is 0 Å². The van der Waals surface area contributed by atoms with Gasteiger partial charge in [0.25, 0.3) is 0 Å². The monoisotopic (exact) mass is 348 g/mol. The van der Waals surface area contributed by atoms with E-state index in [1.54, 1.807) is 0 Å². The Labute approximate surface area is 141 Å². The maximum atomic E-state index is 11.0. The second-order valence-corrected chi connectivity index (χ2v) is 5.53. The molecule has 0 aromatic carbocycles. The molecule has 0 aliphatic carbocycles. The highest BCUT2D eigenvalue weighted by atomic mass is 16.4. The zero-order valence-corrected chi connectivity index (χ0v) is 14.3. The van der Waals surface area contributed by atoms with Gasteiger partial charge in [-0.3, -0.25) is 19.2 Å². The summed E-state index contributed by atoms with van der Waals surface area (Å²) in [6.07, 6.45) is 3.06. The third kappa shape index (κ3) is 12.4. The second kappa shape index (κ2) is 13.3. The first-order valence-corrected chi connectivity index (χ1v) is 8.00. The van der Waals surface area contributed by atoms with Crippen LogP contribution in [-0.2, 0) is 19.2 Å². The number of carboxylic acids is 4. The lowest BCUT2D eigenvalue weighted by Crippen LogP contribution is -2.29. The van der Waals surface area contributed by atoms with Crippen LogP contribution in [0.2, 0.25) is 0 Å². The minimum absolute atomic E-state index is 0.0506. The van der Waals surface area contributed by atoms with Gasteiger partial charge in [0.1, 0.15) is 0 Å². The van der Waals surface area contributed by atoms with E-state index in [4.69, 9.17) is 20.4 Å². The van der Waals surface area contributed by atoms with Crippen molar-refractivity contribution in [2.75, 3.05) is 0 Å². The summed E-state index contributed by atoms with van der Waals surface area (Å²) in [7, 11) is 0. The van der Waals surface area contributed by atoms with Crippen molar-refractivity contribution >= 4 is 23.9 Å². The highest BCUT2D eigenvalue weighted by Gasteiger charge is 2.34. The van der Waals surface area contributed by atoms with Crippen molar-refractivity contribution in [3.8, 4) is 0 Å². The van der Waals surface area contributed by atoms with Crippen molar-refractivity contribution in [3.63, 3.8) is 0 Å². The summed E-state index contributed by atoms with van der Waals surface area (Å²) in [5.74, 6) is -3.42. The molecule has 8 heteroatoms. The van der Waals surface area contributed by atoms with Crippen LogP contribution in [0.4, 0.5) is 0 Å². The van der Waals surface area contributed by atoms with Crippen LogP contribution < -0.4 is 0 Å². The first kappa shape index (κ1) is 24.1. The van der Waals surface area contributed by atoms with Gasteiger partial charge in [0.15, 0.2) is 0 Å². The van der Waals surface area contributed by atoms with Crippen LogP contribution in [0.25, 0.3) is 0 Å². The average molecular weight is 348 g/mol. The molecule has 140 valence electrons. The molecule has 0 aliphatic rings. The molecule has 0 amide bonds. The molecule has 0 spiro atoms. The van der Waals surface area contributed by atoms with Crippen LogP contribution in [0.1, 0.15) is 71.6 Å². The minimum atomic E-state index is -0.870. The van der Waals surface area contributed by atoms with Crippen LogP contribution in [0, 0.1) is 5.41 Å². The topological polar surface area (TPSA) is 149 Å². The molecule has 0 heterocycles. The number of aliphatic carboxylic acids is 4. The van der Waals surface area contributed by atoms with Crippen LogP contribution in [0.5, 0.6) is 0 Å². The van der Waals surface area contributed by atoms with Crippen LogP contribution in [0.15, 0.2) is 0 Å². The zero-order chi connectivity index (χ0) is 19.2. The molecule has 8 nitrogen and oxygen atoms in total. The van der Waals surface area contributed by atoms with Crippen molar-refractivity contribution in [1.82, 2.24) is 0 Å². The Balaban J connectivity index is 0. The number of carboxylic acid groups (broad SMARTS) is 4. The predicted molar refractivity (Wildman–Crippen MR) is 85.9 cm³/mol. The van der Waals surface area contributed by atoms with Gasteiger partial charge in [-0.05, 0) is 38.5 Å². The lowest BCUT2D eigenvalue weighted by atomic mass is 9.78. The van der Waals surface area contributed by atoms with Gasteiger partial charge in [0.05, 0.1) is 5.41 Å². The summed E-state index contributed by atoms with van der Waals surface area (Å²) in [6.45, 7) is 3.66. The summed E-state index contributed by atoms with van der Waals surface area (Å²) < 4.78 is 0. The lowest BCUT2D eigenvalue weighted by molar-refractivity contribution is -0.150. The van der Waals surface area contributed by atoms with Gasteiger partial charge in [-0.15, -0.1) is 0 Å². The van der Waals surface area contributed by atoms with Gasteiger partial charge in [0, 0.05) is 19.3 Å². The number of hydrogen-bond acceptors (Lipinski definition) is 4. The molecule has 0 aromatic heterocycles.